The van der Waals surface area contributed by atoms with Crippen LogP contribution in [0.3, 0.4) is 0 Å². The summed E-state index contributed by atoms with van der Waals surface area (Å²) < 4.78 is 0. The molecule has 0 radical (unpaired) electrons. The minimum absolute atomic E-state index is 0.0978. The summed E-state index contributed by atoms with van der Waals surface area (Å²) in [5, 5.41) is 0. The van der Waals surface area contributed by atoms with Crippen molar-refractivity contribution >= 4 is 5.91 Å². The summed E-state index contributed by atoms with van der Waals surface area (Å²) in [6.45, 7) is 6.85. The second kappa shape index (κ2) is 2.80. The number of amides is 1. The highest BCUT2D eigenvalue weighted by Crippen LogP contribution is 2.27. The molecule has 0 fully saturated rings. The van der Waals surface area contributed by atoms with Gasteiger partial charge in [-0.2, -0.15) is 0 Å². The SMILES string of the molecule is CC(C)(C)N1Cc2ccncc2C1=O. The van der Waals surface area contributed by atoms with Crippen molar-refractivity contribution in [3.8, 4) is 0 Å². The molecule has 0 saturated carbocycles. The molecule has 14 heavy (non-hydrogen) atoms. The van der Waals surface area contributed by atoms with Crippen molar-refractivity contribution in [3.63, 3.8) is 0 Å². The van der Waals surface area contributed by atoms with Crippen LogP contribution in [0.5, 0.6) is 0 Å². The lowest BCUT2D eigenvalue weighted by Crippen LogP contribution is -2.41. The largest absolute Gasteiger partial charge is 0.329 e. The maximum atomic E-state index is 11.9. The average molecular weight is 190 g/mol. The molecule has 2 rings (SSSR count). The van der Waals surface area contributed by atoms with Crippen molar-refractivity contribution in [2.24, 2.45) is 0 Å². The van der Waals surface area contributed by atoms with E-state index in [1.165, 1.54) is 0 Å². The summed E-state index contributed by atoms with van der Waals surface area (Å²) in [6, 6.07) is 1.92. The number of aromatic nitrogens is 1. The lowest BCUT2D eigenvalue weighted by atomic mass is 10.1. The number of hydrogen-bond acceptors (Lipinski definition) is 2. The molecule has 1 aromatic heterocycles. The summed E-state index contributed by atoms with van der Waals surface area (Å²) in [5.74, 6) is 0.0978. The van der Waals surface area contributed by atoms with Gasteiger partial charge in [0.25, 0.3) is 5.91 Å². The Morgan fingerprint density at radius 2 is 2.14 bits per heavy atom. The van der Waals surface area contributed by atoms with E-state index in [0.29, 0.717) is 6.54 Å². The molecule has 0 N–H and O–H groups in total. The number of carbonyl (C=O) groups excluding carboxylic acids is 1. The zero-order valence-corrected chi connectivity index (χ0v) is 8.74. The third kappa shape index (κ3) is 1.29. The van der Waals surface area contributed by atoms with E-state index in [0.717, 1.165) is 11.1 Å². The second-order valence-electron chi connectivity index (χ2n) is 4.59. The number of pyridine rings is 1. The first kappa shape index (κ1) is 9.19. The lowest BCUT2D eigenvalue weighted by molar-refractivity contribution is 0.0609. The molecule has 0 spiro atoms. The minimum atomic E-state index is -0.115. The van der Waals surface area contributed by atoms with E-state index >= 15 is 0 Å². The van der Waals surface area contributed by atoms with E-state index in [1.54, 1.807) is 12.4 Å². The Bertz CT molecular complexity index is 379. The quantitative estimate of drug-likeness (QED) is 0.625. The fourth-order valence-electron chi connectivity index (χ4n) is 1.68. The van der Waals surface area contributed by atoms with Gasteiger partial charge in [-0.25, -0.2) is 0 Å². The molecule has 1 aliphatic heterocycles. The van der Waals surface area contributed by atoms with Crippen LogP contribution in [-0.4, -0.2) is 21.3 Å². The molecule has 74 valence electrons. The molecular weight excluding hydrogens is 176 g/mol. The van der Waals surface area contributed by atoms with Gasteiger partial charge in [0.1, 0.15) is 0 Å². The number of carbonyl (C=O) groups is 1. The smallest absolute Gasteiger partial charge is 0.256 e. The summed E-state index contributed by atoms with van der Waals surface area (Å²) in [5.41, 5.74) is 1.72. The van der Waals surface area contributed by atoms with Gasteiger partial charge in [-0.3, -0.25) is 9.78 Å². The third-order valence-corrected chi connectivity index (χ3v) is 2.53. The van der Waals surface area contributed by atoms with Gasteiger partial charge in [0.2, 0.25) is 0 Å². The monoisotopic (exact) mass is 190 g/mol. The van der Waals surface area contributed by atoms with Crippen molar-refractivity contribution in [2.75, 3.05) is 0 Å². The van der Waals surface area contributed by atoms with Gasteiger partial charge in [0, 0.05) is 24.5 Å². The van der Waals surface area contributed by atoms with Gasteiger partial charge in [-0.15, -0.1) is 0 Å². The second-order valence-corrected chi connectivity index (χ2v) is 4.59. The Morgan fingerprint density at radius 1 is 1.43 bits per heavy atom. The Morgan fingerprint density at radius 3 is 2.71 bits per heavy atom. The molecule has 0 unspecified atom stereocenters. The third-order valence-electron chi connectivity index (χ3n) is 2.53. The first-order chi connectivity index (χ1) is 6.50. The van der Waals surface area contributed by atoms with Crippen LogP contribution in [0, 0.1) is 0 Å². The highest BCUT2D eigenvalue weighted by atomic mass is 16.2. The van der Waals surface area contributed by atoms with Crippen LogP contribution in [0.1, 0.15) is 36.7 Å². The van der Waals surface area contributed by atoms with Gasteiger partial charge in [-0.1, -0.05) is 0 Å². The summed E-state index contributed by atoms with van der Waals surface area (Å²) in [6.07, 6.45) is 3.39. The van der Waals surface area contributed by atoms with Crippen molar-refractivity contribution < 1.29 is 4.79 Å². The molecule has 2 heterocycles. The standard InChI is InChI=1S/C11H14N2O/c1-11(2,3)13-7-8-4-5-12-6-9(8)10(13)14/h4-6H,7H2,1-3H3. The van der Waals surface area contributed by atoms with Crippen LogP contribution < -0.4 is 0 Å². The summed E-state index contributed by atoms with van der Waals surface area (Å²) in [4.78, 5) is 17.8. The molecule has 3 heteroatoms. The van der Waals surface area contributed by atoms with Crippen LogP contribution in [-0.2, 0) is 6.54 Å². The Balaban J connectivity index is 2.40. The normalized spacial score (nSPS) is 15.9. The predicted molar refractivity (Wildman–Crippen MR) is 53.9 cm³/mol. The zero-order chi connectivity index (χ0) is 10.3. The van der Waals surface area contributed by atoms with E-state index in [4.69, 9.17) is 0 Å². The first-order valence-corrected chi connectivity index (χ1v) is 4.75. The van der Waals surface area contributed by atoms with Crippen molar-refractivity contribution in [3.05, 3.63) is 29.6 Å². The number of fused-ring (bicyclic) bond motifs is 1. The van der Waals surface area contributed by atoms with Crippen LogP contribution in [0.4, 0.5) is 0 Å². The molecule has 0 saturated heterocycles. The fourth-order valence-corrected chi connectivity index (χ4v) is 1.68. The molecule has 0 aliphatic carbocycles. The van der Waals surface area contributed by atoms with E-state index in [1.807, 2.05) is 31.7 Å². The number of nitrogens with zero attached hydrogens (tertiary/aromatic N) is 2. The predicted octanol–water partition coefficient (Wildman–Crippen LogP) is 1.84. The van der Waals surface area contributed by atoms with Crippen LogP contribution in [0.15, 0.2) is 18.5 Å². The lowest BCUT2D eigenvalue weighted by Gasteiger charge is -2.31. The number of rotatable bonds is 0. The highest BCUT2D eigenvalue weighted by Gasteiger charge is 2.34. The molecule has 0 atom stereocenters. The maximum absolute atomic E-state index is 11.9. The van der Waals surface area contributed by atoms with Crippen LogP contribution >= 0.6 is 0 Å². The van der Waals surface area contributed by atoms with Gasteiger partial charge in [-0.05, 0) is 32.4 Å². The average Bonchev–Trinajstić information content (AvgIpc) is 2.44. The molecule has 3 nitrogen and oxygen atoms in total. The fraction of sp³-hybridized carbons (Fsp3) is 0.455. The molecule has 0 aromatic carbocycles. The van der Waals surface area contributed by atoms with E-state index in [-0.39, 0.29) is 11.4 Å². The zero-order valence-electron chi connectivity index (χ0n) is 8.74. The summed E-state index contributed by atoms with van der Waals surface area (Å²) >= 11 is 0. The Kier molecular flexibility index (Phi) is 1.84. The highest BCUT2D eigenvalue weighted by molar-refractivity contribution is 5.98. The molecule has 1 amide bonds. The minimum Gasteiger partial charge on any atom is -0.329 e. The maximum Gasteiger partial charge on any atom is 0.256 e. The Hall–Kier alpha value is -1.38. The molecule has 1 aromatic rings. The van der Waals surface area contributed by atoms with Crippen molar-refractivity contribution in [2.45, 2.75) is 32.9 Å². The van der Waals surface area contributed by atoms with Crippen molar-refractivity contribution in [1.29, 1.82) is 0 Å². The Labute approximate surface area is 83.8 Å². The van der Waals surface area contributed by atoms with Gasteiger partial charge >= 0.3 is 0 Å². The van der Waals surface area contributed by atoms with E-state index < -0.39 is 0 Å². The van der Waals surface area contributed by atoms with Gasteiger partial charge < -0.3 is 4.90 Å². The van der Waals surface area contributed by atoms with Gasteiger partial charge in [0.05, 0.1) is 5.56 Å². The van der Waals surface area contributed by atoms with Crippen LogP contribution in [0.25, 0.3) is 0 Å². The van der Waals surface area contributed by atoms with E-state index in [9.17, 15) is 4.79 Å². The summed E-state index contributed by atoms with van der Waals surface area (Å²) in [7, 11) is 0. The van der Waals surface area contributed by atoms with Crippen LogP contribution in [0.2, 0.25) is 0 Å². The van der Waals surface area contributed by atoms with E-state index in [2.05, 4.69) is 4.98 Å². The topological polar surface area (TPSA) is 33.2 Å². The molecule has 0 bridgehead atoms. The first-order valence-electron chi connectivity index (χ1n) is 4.75. The van der Waals surface area contributed by atoms with Crippen molar-refractivity contribution in [1.82, 2.24) is 9.88 Å². The number of hydrogen-bond donors (Lipinski definition) is 0. The van der Waals surface area contributed by atoms with Gasteiger partial charge in [0.15, 0.2) is 0 Å². The molecular formula is C11H14N2O. The molecule has 1 aliphatic rings.